The summed E-state index contributed by atoms with van der Waals surface area (Å²) >= 11 is 6.03. The zero-order valence-corrected chi connectivity index (χ0v) is 17.5. The SMILES string of the molecule is O=P(O)(O)COC[C@H]1O[C@@H](n2cc3c(NC4CCCC4)nc(Cl)nc3n2)[C@H](O)[C@@H]1O. The van der Waals surface area contributed by atoms with Crippen LogP contribution in [0, 0.1) is 0 Å². The van der Waals surface area contributed by atoms with E-state index in [1.165, 1.54) is 4.68 Å². The highest BCUT2D eigenvalue weighted by Gasteiger charge is 2.44. The van der Waals surface area contributed by atoms with Gasteiger partial charge >= 0.3 is 7.60 Å². The van der Waals surface area contributed by atoms with Crippen molar-refractivity contribution in [3.8, 4) is 0 Å². The smallest absolute Gasteiger partial charge is 0.350 e. The van der Waals surface area contributed by atoms with Gasteiger partial charge in [0.05, 0.1) is 12.0 Å². The molecular formula is C16H23ClN5O7P. The Balaban J connectivity index is 1.53. The monoisotopic (exact) mass is 463 g/mol. The van der Waals surface area contributed by atoms with Gasteiger partial charge in [-0.15, -0.1) is 5.10 Å². The molecule has 5 N–H and O–H groups in total. The van der Waals surface area contributed by atoms with Crippen molar-refractivity contribution in [2.24, 2.45) is 0 Å². The molecule has 2 aliphatic rings. The summed E-state index contributed by atoms with van der Waals surface area (Å²) in [7, 11) is -4.35. The van der Waals surface area contributed by atoms with Crippen molar-refractivity contribution in [1.29, 1.82) is 0 Å². The van der Waals surface area contributed by atoms with Crippen LogP contribution in [0.3, 0.4) is 0 Å². The Kier molecular flexibility index (Phi) is 6.29. The van der Waals surface area contributed by atoms with Crippen molar-refractivity contribution in [2.75, 3.05) is 18.3 Å². The Hall–Kier alpha value is -1.37. The normalized spacial score (nSPS) is 27.9. The lowest BCUT2D eigenvalue weighted by Crippen LogP contribution is -2.34. The third-order valence-electron chi connectivity index (χ3n) is 5.21. The Morgan fingerprint density at radius 2 is 2.00 bits per heavy atom. The Morgan fingerprint density at radius 1 is 1.27 bits per heavy atom. The fraction of sp³-hybridized carbons (Fsp3) is 0.688. The van der Waals surface area contributed by atoms with E-state index in [0.717, 1.165) is 25.7 Å². The molecule has 4 rings (SSSR count). The molecule has 0 bridgehead atoms. The van der Waals surface area contributed by atoms with E-state index in [1.54, 1.807) is 6.20 Å². The summed E-state index contributed by atoms with van der Waals surface area (Å²) in [4.78, 5) is 26.1. The molecule has 30 heavy (non-hydrogen) atoms. The minimum Gasteiger partial charge on any atom is -0.387 e. The number of aliphatic hydroxyl groups is 2. The van der Waals surface area contributed by atoms with Crippen molar-refractivity contribution in [3.05, 3.63) is 11.5 Å². The largest absolute Gasteiger partial charge is 0.387 e. The van der Waals surface area contributed by atoms with Crippen molar-refractivity contribution in [3.63, 3.8) is 0 Å². The van der Waals surface area contributed by atoms with E-state index >= 15 is 0 Å². The van der Waals surface area contributed by atoms with Crippen LogP contribution in [-0.2, 0) is 14.0 Å². The first-order valence-electron chi connectivity index (χ1n) is 9.54. The van der Waals surface area contributed by atoms with Crippen molar-refractivity contribution in [1.82, 2.24) is 19.7 Å². The number of hydrogen-bond donors (Lipinski definition) is 5. The maximum Gasteiger partial charge on any atom is 0.350 e. The van der Waals surface area contributed by atoms with Crippen molar-refractivity contribution < 1.29 is 34.0 Å². The first-order valence-corrected chi connectivity index (χ1v) is 11.7. The minimum absolute atomic E-state index is 0.0323. The van der Waals surface area contributed by atoms with Gasteiger partial charge in [-0.1, -0.05) is 12.8 Å². The zero-order chi connectivity index (χ0) is 21.5. The third-order valence-corrected chi connectivity index (χ3v) is 5.89. The molecule has 14 heteroatoms. The van der Waals surface area contributed by atoms with Crippen LogP contribution in [0.25, 0.3) is 11.0 Å². The molecule has 2 aromatic heterocycles. The standard InChI is InChI=1S/C16H23ClN5O7P/c17-16-19-13(18-8-3-1-2-4-8)9-5-22(21-14(9)20-16)15-12(24)11(23)10(29-15)6-28-7-30(25,26)27/h5,8,10-12,15,23-24H,1-4,6-7H2,(H2,25,26,27)(H,18,19,20,21)/t10-,11-,12-,15-/m1/s1. The van der Waals surface area contributed by atoms with Gasteiger partial charge in [-0.3, -0.25) is 4.57 Å². The molecule has 4 atom stereocenters. The molecule has 1 aliphatic heterocycles. The molecule has 2 aromatic rings. The van der Waals surface area contributed by atoms with Crippen LogP contribution in [0.2, 0.25) is 5.28 Å². The van der Waals surface area contributed by atoms with Gasteiger partial charge in [0.25, 0.3) is 0 Å². The maximum absolute atomic E-state index is 10.9. The lowest BCUT2D eigenvalue weighted by Gasteiger charge is -2.15. The summed E-state index contributed by atoms with van der Waals surface area (Å²) in [6.07, 6.45) is 0.440. The molecule has 0 spiro atoms. The van der Waals surface area contributed by atoms with Gasteiger partial charge in [-0.2, -0.15) is 9.97 Å². The molecule has 1 aliphatic carbocycles. The highest BCUT2D eigenvalue weighted by atomic mass is 35.5. The molecule has 2 fully saturated rings. The fourth-order valence-electron chi connectivity index (χ4n) is 3.77. The second-order valence-electron chi connectivity index (χ2n) is 7.52. The van der Waals surface area contributed by atoms with E-state index in [9.17, 15) is 14.8 Å². The zero-order valence-electron chi connectivity index (χ0n) is 15.8. The number of rotatable bonds is 7. The lowest BCUT2D eigenvalue weighted by atomic mass is 10.1. The van der Waals surface area contributed by atoms with E-state index in [2.05, 4.69) is 20.4 Å². The van der Waals surface area contributed by atoms with E-state index in [-0.39, 0.29) is 17.9 Å². The van der Waals surface area contributed by atoms with Crippen LogP contribution >= 0.6 is 19.2 Å². The Labute approximate surface area is 176 Å². The number of hydrogen-bond acceptors (Lipinski definition) is 9. The van der Waals surface area contributed by atoms with Gasteiger partial charge in [0.1, 0.15) is 30.5 Å². The molecule has 3 heterocycles. The number of halogens is 1. The minimum atomic E-state index is -4.35. The van der Waals surface area contributed by atoms with E-state index in [0.29, 0.717) is 16.9 Å². The van der Waals surface area contributed by atoms with Gasteiger partial charge in [0, 0.05) is 12.2 Å². The summed E-state index contributed by atoms with van der Waals surface area (Å²) in [5.41, 5.74) is 0.307. The quantitative estimate of drug-likeness (QED) is 0.287. The molecule has 1 saturated heterocycles. The number of nitrogens with one attached hydrogen (secondary N) is 1. The van der Waals surface area contributed by atoms with E-state index < -0.39 is 38.5 Å². The predicted molar refractivity (Wildman–Crippen MR) is 105 cm³/mol. The van der Waals surface area contributed by atoms with Crippen molar-refractivity contribution in [2.45, 2.75) is 56.3 Å². The molecule has 0 aromatic carbocycles. The Bertz CT molecular complexity index is 949. The molecule has 0 radical (unpaired) electrons. The Morgan fingerprint density at radius 3 is 2.70 bits per heavy atom. The first kappa shape index (κ1) is 21.8. The maximum atomic E-state index is 10.9. The molecule has 1 saturated carbocycles. The molecule has 12 nitrogen and oxygen atoms in total. The highest BCUT2D eigenvalue weighted by molar-refractivity contribution is 7.51. The topological polar surface area (TPSA) is 172 Å². The summed E-state index contributed by atoms with van der Waals surface area (Å²) < 4.78 is 22.8. The van der Waals surface area contributed by atoms with Crippen molar-refractivity contribution >= 4 is 36.0 Å². The summed E-state index contributed by atoms with van der Waals surface area (Å²) in [5, 5.41) is 28.9. The third kappa shape index (κ3) is 4.76. The number of aliphatic hydroxyl groups excluding tert-OH is 2. The fourth-order valence-corrected chi connectivity index (χ4v) is 4.28. The summed E-state index contributed by atoms with van der Waals surface area (Å²) in [6, 6.07) is 0.285. The molecular weight excluding hydrogens is 441 g/mol. The number of fused-ring (bicyclic) bond motifs is 1. The van der Waals surface area contributed by atoms with Gasteiger partial charge < -0.3 is 34.8 Å². The van der Waals surface area contributed by atoms with Gasteiger partial charge in [0.2, 0.25) is 5.28 Å². The second-order valence-corrected chi connectivity index (χ2v) is 9.45. The van der Waals surface area contributed by atoms with Gasteiger partial charge in [0.15, 0.2) is 11.9 Å². The summed E-state index contributed by atoms with van der Waals surface area (Å²) in [5.74, 6) is 0.540. The number of aromatic nitrogens is 4. The number of anilines is 1. The van der Waals surface area contributed by atoms with Crippen LogP contribution in [0.1, 0.15) is 31.9 Å². The molecule has 166 valence electrons. The van der Waals surface area contributed by atoms with Crippen LogP contribution in [-0.4, -0.2) is 77.1 Å². The number of ether oxygens (including phenoxy) is 2. The van der Waals surface area contributed by atoms with Gasteiger partial charge in [-0.25, -0.2) is 4.68 Å². The average Bonchev–Trinajstić information content (AvgIpc) is 3.37. The molecule has 0 amide bonds. The second kappa shape index (κ2) is 8.64. The highest BCUT2D eigenvalue weighted by Crippen LogP contribution is 2.36. The van der Waals surface area contributed by atoms with E-state index in [1.807, 2.05) is 0 Å². The lowest BCUT2D eigenvalue weighted by molar-refractivity contribution is -0.0672. The van der Waals surface area contributed by atoms with Crippen LogP contribution in [0.4, 0.5) is 5.82 Å². The van der Waals surface area contributed by atoms with Crippen LogP contribution in [0.5, 0.6) is 0 Å². The number of nitrogens with zero attached hydrogens (tertiary/aromatic N) is 4. The molecule has 0 unspecified atom stereocenters. The average molecular weight is 464 g/mol. The summed E-state index contributed by atoms with van der Waals surface area (Å²) in [6.45, 7) is -0.305. The first-order chi connectivity index (χ1) is 14.2. The van der Waals surface area contributed by atoms with E-state index in [4.69, 9.17) is 30.9 Å². The predicted octanol–water partition coefficient (Wildman–Crippen LogP) is 0.605. The van der Waals surface area contributed by atoms with Crippen LogP contribution < -0.4 is 5.32 Å². The van der Waals surface area contributed by atoms with Crippen LogP contribution in [0.15, 0.2) is 6.20 Å². The van der Waals surface area contributed by atoms with Gasteiger partial charge in [-0.05, 0) is 24.4 Å².